The molecule has 0 aromatic rings. The first-order chi connectivity index (χ1) is 6.31. The van der Waals surface area contributed by atoms with Gasteiger partial charge in [0.2, 0.25) is 0 Å². The summed E-state index contributed by atoms with van der Waals surface area (Å²) in [4.78, 5) is 0. The van der Waals surface area contributed by atoms with Crippen molar-refractivity contribution in [3.63, 3.8) is 0 Å². The lowest BCUT2D eigenvalue weighted by molar-refractivity contribution is 0.157. The van der Waals surface area contributed by atoms with Crippen molar-refractivity contribution in [3.8, 4) is 0 Å². The van der Waals surface area contributed by atoms with Crippen LogP contribution in [0.1, 0.15) is 26.2 Å². The third-order valence-corrected chi connectivity index (χ3v) is 3.46. The Morgan fingerprint density at radius 1 is 1.46 bits per heavy atom. The highest BCUT2D eigenvalue weighted by atomic mass is 16.5. The van der Waals surface area contributed by atoms with E-state index < -0.39 is 0 Å². The zero-order valence-electron chi connectivity index (χ0n) is 8.75. The number of methoxy groups -OCH3 is 1. The van der Waals surface area contributed by atoms with Gasteiger partial charge in [0.05, 0.1) is 6.61 Å². The van der Waals surface area contributed by atoms with E-state index in [1.54, 1.807) is 7.11 Å². The fourth-order valence-electron chi connectivity index (χ4n) is 2.03. The van der Waals surface area contributed by atoms with Gasteiger partial charge < -0.3 is 10.1 Å². The second kappa shape index (κ2) is 3.97. The minimum Gasteiger partial charge on any atom is -0.383 e. The van der Waals surface area contributed by atoms with Crippen LogP contribution in [-0.2, 0) is 4.74 Å². The molecule has 0 radical (unpaired) electrons. The summed E-state index contributed by atoms with van der Waals surface area (Å²) in [5.74, 6) is 2.84. The maximum absolute atomic E-state index is 5.22. The Labute approximate surface area is 81.0 Å². The molecule has 3 unspecified atom stereocenters. The molecule has 0 saturated heterocycles. The van der Waals surface area contributed by atoms with Gasteiger partial charge >= 0.3 is 0 Å². The number of nitrogens with one attached hydrogen (secondary N) is 1. The van der Waals surface area contributed by atoms with Crippen LogP contribution in [0.25, 0.3) is 0 Å². The van der Waals surface area contributed by atoms with Crippen LogP contribution in [0.15, 0.2) is 0 Å². The third kappa shape index (κ3) is 2.68. The van der Waals surface area contributed by atoms with Gasteiger partial charge in [-0.05, 0) is 43.6 Å². The first kappa shape index (κ1) is 9.47. The summed E-state index contributed by atoms with van der Waals surface area (Å²) in [7, 11) is 1.80. The van der Waals surface area contributed by atoms with E-state index in [1.165, 1.54) is 25.8 Å². The van der Waals surface area contributed by atoms with Crippen molar-refractivity contribution in [1.82, 2.24) is 5.32 Å². The van der Waals surface area contributed by atoms with Crippen molar-refractivity contribution in [2.75, 3.05) is 20.3 Å². The lowest BCUT2D eigenvalue weighted by Crippen LogP contribution is -2.36. The molecule has 2 rings (SSSR count). The molecule has 0 spiro atoms. The van der Waals surface area contributed by atoms with Crippen LogP contribution in [0.3, 0.4) is 0 Å². The summed E-state index contributed by atoms with van der Waals surface area (Å²) >= 11 is 0. The van der Waals surface area contributed by atoms with Gasteiger partial charge in [-0.15, -0.1) is 0 Å². The Morgan fingerprint density at radius 2 is 2.15 bits per heavy atom. The molecule has 13 heavy (non-hydrogen) atoms. The van der Waals surface area contributed by atoms with Gasteiger partial charge in [0, 0.05) is 13.2 Å². The van der Waals surface area contributed by atoms with E-state index in [1.807, 2.05) is 0 Å². The molecule has 2 fully saturated rings. The predicted molar refractivity (Wildman–Crippen MR) is 53.7 cm³/mol. The molecule has 2 saturated carbocycles. The van der Waals surface area contributed by atoms with Crippen LogP contribution in [0.5, 0.6) is 0 Å². The molecule has 1 N–H and O–H groups in total. The average Bonchev–Trinajstić information content (AvgIpc) is 2.95. The molecule has 76 valence electrons. The van der Waals surface area contributed by atoms with Crippen LogP contribution in [0, 0.1) is 17.8 Å². The smallest absolute Gasteiger partial charge is 0.0618 e. The maximum atomic E-state index is 5.22. The minimum absolute atomic E-state index is 0.637. The summed E-state index contributed by atoms with van der Waals surface area (Å²) < 4.78 is 5.22. The van der Waals surface area contributed by atoms with Crippen molar-refractivity contribution in [2.24, 2.45) is 17.8 Å². The van der Waals surface area contributed by atoms with Gasteiger partial charge in [0.1, 0.15) is 0 Å². The second-order valence-electron chi connectivity index (χ2n) is 4.78. The van der Waals surface area contributed by atoms with Crippen molar-refractivity contribution >= 4 is 0 Å². The Bertz CT molecular complexity index is 167. The Morgan fingerprint density at radius 3 is 2.62 bits per heavy atom. The standard InChI is InChI=1S/C11H21NO/c1-8-5-10(8)6-12-11(7-13-2)9-3-4-9/h8-12H,3-7H2,1-2H3. The summed E-state index contributed by atoms with van der Waals surface area (Å²) in [6.07, 6.45) is 4.24. The monoisotopic (exact) mass is 183 g/mol. The first-order valence-corrected chi connectivity index (χ1v) is 5.53. The fourth-order valence-corrected chi connectivity index (χ4v) is 2.03. The maximum Gasteiger partial charge on any atom is 0.0618 e. The molecular weight excluding hydrogens is 162 g/mol. The van der Waals surface area contributed by atoms with Crippen LogP contribution < -0.4 is 5.32 Å². The molecule has 0 heterocycles. The summed E-state index contributed by atoms with van der Waals surface area (Å²) in [6, 6.07) is 0.637. The Balaban J connectivity index is 1.64. The largest absolute Gasteiger partial charge is 0.383 e. The summed E-state index contributed by atoms with van der Waals surface area (Å²) in [5, 5.41) is 3.65. The first-order valence-electron chi connectivity index (χ1n) is 5.53. The molecule has 0 bridgehead atoms. The highest BCUT2D eigenvalue weighted by Crippen LogP contribution is 2.38. The SMILES string of the molecule is COCC(NCC1CC1C)C1CC1. The van der Waals surface area contributed by atoms with Gasteiger partial charge in [0.25, 0.3) is 0 Å². The zero-order chi connectivity index (χ0) is 9.26. The van der Waals surface area contributed by atoms with E-state index >= 15 is 0 Å². The lowest BCUT2D eigenvalue weighted by Gasteiger charge is -2.16. The number of hydrogen-bond acceptors (Lipinski definition) is 2. The van der Waals surface area contributed by atoms with Crippen molar-refractivity contribution in [2.45, 2.75) is 32.2 Å². The highest BCUT2D eigenvalue weighted by Gasteiger charge is 2.35. The molecule has 2 nitrogen and oxygen atoms in total. The number of rotatable bonds is 6. The molecule has 0 aliphatic heterocycles. The molecule has 2 aliphatic carbocycles. The average molecular weight is 183 g/mol. The lowest BCUT2D eigenvalue weighted by atomic mass is 10.2. The van der Waals surface area contributed by atoms with E-state index in [2.05, 4.69) is 12.2 Å². The summed E-state index contributed by atoms with van der Waals surface area (Å²) in [6.45, 7) is 4.45. The topological polar surface area (TPSA) is 21.3 Å². The normalized spacial score (nSPS) is 34.6. The van der Waals surface area contributed by atoms with Gasteiger partial charge in [-0.1, -0.05) is 6.92 Å². The highest BCUT2D eigenvalue weighted by molar-refractivity contribution is 4.90. The van der Waals surface area contributed by atoms with Crippen LogP contribution in [0.2, 0.25) is 0 Å². The van der Waals surface area contributed by atoms with E-state index in [-0.39, 0.29) is 0 Å². The van der Waals surface area contributed by atoms with E-state index in [0.29, 0.717) is 6.04 Å². The number of hydrogen-bond donors (Lipinski definition) is 1. The second-order valence-corrected chi connectivity index (χ2v) is 4.78. The molecule has 3 atom stereocenters. The van der Waals surface area contributed by atoms with Gasteiger partial charge in [-0.25, -0.2) is 0 Å². The van der Waals surface area contributed by atoms with E-state index in [4.69, 9.17) is 4.74 Å². The van der Waals surface area contributed by atoms with Crippen molar-refractivity contribution < 1.29 is 4.74 Å². The van der Waals surface area contributed by atoms with Crippen molar-refractivity contribution in [3.05, 3.63) is 0 Å². The third-order valence-electron chi connectivity index (χ3n) is 3.46. The molecule has 2 aliphatic rings. The van der Waals surface area contributed by atoms with Gasteiger partial charge in [0.15, 0.2) is 0 Å². The minimum atomic E-state index is 0.637. The fraction of sp³-hybridized carbons (Fsp3) is 1.00. The molecular formula is C11H21NO. The molecule has 0 amide bonds. The van der Waals surface area contributed by atoms with Crippen LogP contribution in [-0.4, -0.2) is 26.3 Å². The van der Waals surface area contributed by atoms with E-state index in [9.17, 15) is 0 Å². The van der Waals surface area contributed by atoms with Crippen molar-refractivity contribution in [1.29, 1.82) is 0 Å². The van der Waals surface area contributed by atoms with E-state index in [0.717, 1.165) is 24.4 Å². The molecule has 0 aromatic carbocycles. The molecule has 0 aromatic heterocycles. The quantitative estimate of drug-likeness (QED) is 0.676. The van der Waals surface area contributed by atoms with Crippen LogP contribution in [0.4, 0.5) is 0 Å². The zero-order valence-corrected chi connectivity index (χ0v) is 8.75. The Hall–Kier alpha value is -0.0800. The van der Waals surface area contributed by atoms with Crippen LogP contribution >= 0.6 is 0 Å². The molecule has 2 heteroatoms. The Kier molecular flexibility index (Phi) is 2.89. The van der Waals surface area contributed by atoms with Gasteiger partial charge in [-0.3, -0.25) is 0 Å². The summed E-state index contributed by atoms with van der Waals surface area (Å²) in [5.41, 5.74) is 0. The van der Waals surface area contributed by atoms with Gasteiger partial charge in [-0.2, -0.15) is 0 Å². The number of ether oxygens (including phenoxy) is 1. The predicted octanol–water partition coefficient (Wildman–Crippen LogP) is 1.66.